The van der Waals surface area contributed by atoms with Crippen molar-refractivity contribution in [1.29, 1.82) is 5.26 Å². The highest BCUT2D eigenvalue weighted by atomic mass is 19.1. The fraction of sp³-hybridized carbons (Fsp3) is 0.615. The molecule has 0 bridgehead atoms. The molecule has 0 aromatic carbocycles. The first kappa shape index (κ1) is 15.2. The molecule has 0 aliphatic rings. The first-order chi connectivity index (χ1) is 9.10. The van der Waals surface area contributed by atoms with Gasteiger partial charge in [0.1, 0.15) is 0 Å². The second-order valence-electron chi connectivity index (χ2n) is 4.49. The predicted octanol–water partition coefficient (Wildman–Crippen LogP) is 2.57. The minimum absolute atomic E-state index is 0.0665. The number of aromatic nitrogens is 2. The van der Waals surface area contributed by atoms with Crippen LogP contribution in [0, 0.1) is 17.1 Å². The molecule has 0 aliphatic carbocycles. The minimum atomic E-state index is -0.464. The van der Waals surface area contributed by atoms with E-state index < -0.39 is 5.82 Å². The second-order valence-corrected chi connectivity index (χ2v) is 4.49. The molecule has 0 spiro atoms. The molecule has 5 nitrogen and oxygen atoms in total. The molecule has 0 radical (unpaired) electrons. The van der Waals surface area contributed by atoms with Crippen molar-refractivity contribution in [3.05, 3.63) is 12.0 Å². The third kappa shape index (κ3) is 4.36. The van der Waals surface area contributed by atoms with Crippen LogP contribution in [-0.2, 0) is 0 Å². The van der Waals surface area contributed by atoms with E-state index in [0.717, 1.165) is 13.0 Å². The van der Waals surface area contributed by atoms with E-state index in [2.05, 4.69) is 21.4 Å². The summed E-state index contributed by atoms with van der Waals surface area (Å²) in [4.78, 5) is 9.89. The van der Waals surface area contributed by atoms with Gasteiger partial charge in [0.05, 0.1) is 18.7 Å². The molecule has 0 atom stereocenters. The van der Waals surface area contributed by atoms with Crippen molar-refractivity contribution in [1.82, 2.24) is 9.97 Å². The van der Waals surface area contributed by atoms with Gasteiger partial charge in [-0.25, -0.2) is 9.37 Å². The largest absolute Gasteiger partial charge is 0.354 e. The second kappa shape index (κ2) is 7.52. The van der Waals surface area contributed by atoms with E-state index in [1.54, 1.807) is 4.90 Å². The number of hydrogen-bond acceptors (Lipinski definition) is 5. The van der Waals surface area contributed by atoms with Gasteiger partial charge in [0.2, 0.25) is 5.95 Å². The summed E-state index contributed by atoms with van der Waals surface area (Å²) in [7, 11) is 0. The SMILES string of the molecule is CCCNc1ncc(F)c(N(CCC#N)C(C)C)n1. The van der Waals surface area contributed by atoms with Gasteiger partial charge in [-0.2, -0.15) is 10.2 Å². The van der Waals surface area contributed by atoms with Gasteiger partial charge in [0, 0.05) is 19.1 Å². The van der Waals surface area contributed by atoms with Crippen LogP contribution in [0.1, 0.15) is 33.6 Å². The number of nitrogens with one attached hydrogen (secondary N) is 1. The zero-order valence-electron chi connectivity index (χ0n) is 11.6. The van der Waals surface area contributed by atoms with Gasteiger partial charge in [-0.05, 0) is 20.3 Å². The average Bonchev–Trinajstić information content (AvgIpc) is 2.39. The Morgan fingerprint density at radius 3 is 2.84 bits per heavy atom. The van der Waals surface area contributed by atoms with Gasteiger partial charge in [-0.3, -0.25) is 0 Å². The van der Waals surface area contributed by atoms with Crippen LogP contribution >= 0.6 is 0 Å². The van der Waals surface area contributed by atoms with Gasteiger partial charge in [-0.15, -0.1) is 0 Å². The molecule has 1 heterocycles. The summed E-state index contributed by atoms with van der Waals surface area (Å²) in [5.74, 6) is 0.202. The van der Waals surface area contributed by atoms with Gasteiger partial charge in [0.15, 0.2) is 11.6 Å². The fourth-order valence-electron chi connectivity index (χ4n) is 1.66. The Morgan fingerprint density at radius 1 is 1.53 bits per heavy atom. The minimum Gasteiger partial charge on any atom is -0.354 e. The first-order valence-electron chi connectivity index (χ1n) is 6.50. The lowest BCUT2D eigenvalue weighted by Gasteiger charge is -2.27. The third-order valence-corrected chi connectivity index (χ3v) is 2.62. The monoisotopic (exact) mass is 265 g/mol. The molecule has 1 rings (SSSR count). The standard InChI is InChI=1S/C13H20FN5/c1-4-7-16-13-17-9-11(14)12(18-13)19(10(2)3)8-5-6-15/h9-10H,4-5,7-8H2,1-3H3,(H,16,17,18). The highest BCUT2D eigenvalue weighted by molar-refractivity contribution is 5.44. The van der Waals surface area contributed by atoms with Crippen LogP contribution in [0.2, 0.25) is 0 Å². The maximum atomic E-state index is 13.9. The van der Waals surface area contributed by atoms with Crippen molar-refractivity contribution in [2.24, 2.45) is 0 Å². The molecule has 0 unspecified atom stereocenters. The number of nitrogens with zero attached hydrogens (tertiary/aromatic N) is 4. The van der Waals surface area contributed by atoms with Crippen molar-refractivity contribution < 1.29 is 4.39 Å². The Kier molecular flexibility index (Phi) is 6.00. The van der Waals surface area contributed by atoms with Gasteiger partial charge >= 0.3 is 0 Å². The van der Waals surface area contributed by atoms with E-state index in [9.17, 15) is 4.39 Å². The maximum Gasteiger partial charge on any atom is 0.224 e. The van der Waals surface area contributed by atoms with Gasteiger partial charge in [0.25, 0.3) is 0 Å². The van der Waals surface area contributed by atoms with Crippen molar-refractivity contribution in [2.75, 3.05) is 23.3 Å². The quantitative estimate of drug-likeness (QED) is 0.820. The normalized spacial score (nSPS) is 10.3. The van der Waals surface area contributed by atoms with Crippen molar-refractivity contribution in [3.8, 4) is 6.07 Å². The van der Waals surface area contributed by atoms with E-state index in [1.807, 2.05) is 20.8 Å². The van der Waals surface area contributed by atoms with Gasteiger partial charge in [-0.1, -0.05) is 6.92 Å². The van der Waals surface area contributed by atoms with Crippen LogP contribution in [0.5, 0.6) is 0 Å². The number of nitriles is 1. The van der Waals surface area contributed by atoms with Crippen molar-refractivity contribution in [3.63, 3.8) is 0 Å². The molecule has 0 saturated carbocycles. The molecule has 6 heteroatoms. The van der Waals surface area contributed by atoms with Crippen LogP contribution in [0.3, 0.4) is 0 Å². The number of halogens is 1. The summed E-state index contributed by atoms with van der Waals surface area (Å²) >= 11 is 0. The Morgan fingerprint density at radius 2 is 2.26 bits per heavy atom. The third-order valence-electron chi connectivity index (χ3n) is 2.62. The van der Waals surface area contributed by atoms with E-state index in [0.29, 0.717) is 18.9 Å². The molecule has 0 fully saturated rings. The van der Waals surface area contributed by atoms with Crippen LogP contribution in [0.15, 0.2) is 6.20 Å². The summed E-state index contributed by atoms with van der Waals surface area (Å²) in [5, 5.41) is 11.7. The molecular weight excluding hydrogens is 245 g/mol. The molecular formula is C13H20FN5. The smallest absolute Gasteiger partial charge is 0.224 e. The number of hydrogen-bond donors (Lipinski definition) is 1. The summed E-state index contributed by atoms with van der Waals surface area (Å²) in [5.41, 5.74) is 0. The molecule has 1 N–H and O–H groups in total. The molecule has 1 aromatic rings. The van der Waals surface area contributed by atoms with Gasteiger partial charge < -0.3 is 10.2 Å². The Labute approximate surface area is 113 Å². The summed E-state index contributed by atoms with van der Waals surface area (Å²) < 4.78 is 13.9. The van der Waals surface area contributed by atoms with E-state index in [4.69, 9.17) is 5.26 Å². The maximum absolute atomic E-state index is 13.9. The van der Waals surface area contributed by atoms with E-state index in [-0.39, 0.29) is 11.9 Å². The van der Waals surface area contributed by atoms with Crippen LogP contribution in [0.4, 0.5) is 16.2 Å². The molecule has 0 amide bonds. The van der Waals surface area contributed by atoms with Crippen molar-refractivity contribution in [2.45, 2.75) is 39.7 Å². The average molecular weight is 265 g/mol. The molecule has 0 saturated heterocycles. The Balaban J connectivity index is 2.97. The molecule has 0 aliphatic heterocycles. The van der Waals surface area contributed by atoms with Crippen LogP contribution in [-0.4, -0.2) is 29.1 Å². The Bertz CT molecular complexity index is 441. The summed E-state index contributed by atoms with van der Waals surface area (Å²) in [6.07, 6.45) is 2.44. The molecule has 104 valence electrons. The highest BCUT2D eigenvalue weighted by Gasteiger charge is 2.17. The highest BCUT2D eigenvalue weighted by Crippen LogP contribution is 2.20. The topological polar surface area (TPSA) is 64.8 Å². The lowest BCUT2D eigenvalue weighted by atomic mass is 10.3. The predicted molar refractivity (Wildman–Crippen MR) is 73.5 cm³/mol. The molecule has 19 heavy (non-hydrogen) atoms. The number of anilines is 2. The van der Waals surface area contributed by atoms with Crippen LogP contribution in [0.25, 0.3) is 0 Å². The summed E-state index contributed by atoms with van der Waals surface area (Å²) in [6, 6.07) is 2.13. The summed E-state index contributed by atoms with van der Waals surface area (Å²) in [6.45, 7) is 7.11. The lowest BCUT2D eigenvalue weighted by molar-refractivity contribution is 0.585. The lowest BCUT2D eigenvalue weighted by Crippen LogP contribution is -2.33. The zero-order chi connectivity index (χ0) is 14.3. The van der Waals surface area contributed by atoms with Crippen LogP contribution < -0.4 is 10.2 Å². The van der Waals surface area contributed by atoms with E-state index in [1.165, 1.54) is 6.20 Å². The number of rotatable bonds is 7. The van der Waals surface area contributed by atoms with Crippen molar-refractivity contribution >= 4 is 11.8 Å². The van der Waals surface area contributed by atoms with E-state index >= 15 is 0 Å². The Hall–Kier alpha value is -1.90. The zero-order valence-corrected chi connectivity index (χ0v) is 11.6. The first-order valence-corrected chi connectivity index (χ1v) is 6.50. The fourth-order valence-corrected chi connectivity index (χ4v) is 1.66. The molecule has 1 aromatic heterocycles.